The van der Waals surface area contributed by atoms with Crippen LogP contribution < -0.4 is 9.47 Å². The van der Waals surface area contributed by atoms with E-state index >= 15 is 0 Å². The van der Waals surface area contributed by atoms with E-state index < -0.39 is 17.7 Å². The number of carbonyl (C=O) groups is 1. The van der Waals surface area contributed by atoms with Crippen molar-refractivity contribution in [2.24, 2.45) is 0 Å². The monoisotopic (exact) mass is 238 g/mol. The van der Waals surface area contributed by atoms with Gasteiger partial charge in [-0.3, -0.25) is 0 Å². The molecule has 0 aromatic heterocycles. The summed E-state index contributed by atoms with van der Waals surface area (Å²) in [4.78, 5) is 11.7. The van der Waals surface area contributed by atoms with Gasteiger partial charge in [-0.05, 0) is 13.0 Å². The highest BCUT2D eigenvalue weighted by Gasteiger charge is 2.52. The maximum Gasteiger partial charge on any atom is 0.353 e. The first kappa shape index (κ1) is 11.7. The van der Waals surface area contributed by atoms with Crippen LogP contribution in [0.5, 0.6) is 11.5 Å². The second-order valence-corrected chi connectivity index (χ2v) is 3.98. The number of methoxy groups -OCH3 is 2. The minimum Gasteiger partial charge on any atom is -0.493 e. The first-order valence-electron chi connectivity index (χ1n) is 5.17. The van der Waals surface area contributed by atoms with Crippen molar-refractivity contribution in [3.8, 4) is 11.5 Å². The minimum atomic E-state index is -1.42. The van der Waals surface area contributed by atoms with E-state index in [1.54, 1.807) is 18.2 Å². The molecule has 2 rings (SSSR count). The van der Waals surface area contributed by atoms with Crippen molar-refractivity contribution < 1.29 is 24.1 Å². The molecule has 1 aliphatic rings. The van der Waals surface area contributed by atoms with Gasteiger partial charge in [-0.15, -0.1) is 0 Å². The molecule has 0 saturated heterocycles. The van der Waals surface area contributed by atoms with Gasteiger partial charge in [0.25, 0.3) is 0 Å². The van der Waals surface area contributed by atoms with Crippen LogP contribution in [0, 0.1) is 0 Å². The topological polar surface area (TPSA) is 65.0 Å². The number of hydrogen-bond acceptors (Lipinski definition) is 5. The lowest BCUT2D eigenvalue weighted by Crippen LogP contribution is -2.44. The Labute approximate surface area is 98.9 Å². The SMILES string of the molecule is COC(=O)C1(C)Oc2c(OC)cccc2C1O. The van der Waals surface area contributed by atoms with Crippen molar-refractivity contribution in [1.82, 2.24) is 0 Å². The Bertz CT molecular complexity index is 456. The highest BCUT2D eigenvalue weighted by molar-refractivity contribution is 5.82. The van der Waals surface area contributed by atoms with Crippen molar-refractivity contribution in [2.75, 3.05) is 14.2 Å². The van der Waals surface area contributed by atoms with Crippen LogP contribution in [0.15, 0.2) is 18.2 Å². The van der Waals surface area contributed by atoms with E-state index in [4.69, 9.17) is 9.47 Å². The number of aliphatic hydroxyl groups is 1. The molecule has 2 unspecified atom stereocenters. The summed E-state index contributed by atoms with van der Waals surface area (Å²) in [7, 11) is 2.75. The zero-order chi connectivity index (χ0) is 12.6. The van der Waals surface area contributed by atoms with Crippen LogP contribution in [0.3, 0.4) is 0 Å². The van der Waals surface area contributed by atoms with Gasteiger partial charge in [0.2, 0.25) is 5.60 Å². The predicted octanol–water partition coefficient (Wildman–Crippen LogP) is 1.05. The van der Waals surface area contributed by atoms with Gasteiger partial charge < -0.3 is 19.3 Å². The van der Waals surface area contributed by atoms with Gasteiger partial charge in [-0.25, -0.2) is 4.79 Å². The minimum absolute atomic E-state index is 0.385. The summed E-state index contributed by atoms with van der Waals surface area (Å²) in [5.74, 6) is 0.243. The fourth-order valence-electron chi connectivity index (χ4n) is 1.94. The maximum atomic E-state index is 11.7. The van der Waals surface area contributed by atoms with Crippen molar-refractivity contribution in [2.45, 2.75) is 18.6 Å². The van der Waals surface area contributed by atoms with E-state index in [1.165, 1.54) is 21.1 Å². The first-order chi connectivity index (χ1) is 8.04. The van der Waals surface area contributed by atoms with Crippen LogP contribution in [0.2, 0.25) is 0 Å². The van der Waals surface area contributed by atoms with E-state index in [2.05, 4.69) is 4.74 Å². The molecule has 0 aliphatic carbocycles. The molecule has 17 heavy (non-hydrogen) atoms. The lowest BCUT2D eigenvalue weighted by atomic mass is 9.96. The van der Waals surface area contributed by atoms with Gasteiger partial charge in [-0.1, -0.05) is 12.1 Å². The second-order valence-electron chi connectivity index (χ2n) is 3.98. The zero-order valence-corrected chi connectivity index (χ0v) is 9.89. The second kappa shape index (κ2) is 3.92. The number of para-hydroxylation sites is 1. The maximum absolute atomic E-state index is 11.7. The third-order valence-electron chi connectivity index (χ3n) is 2.95. The zero-order valence-electron chi connectivity index (χ0n) is 9.89. The molecule has 0 saturated carbocycles. The van der Waals surface area contributed by atoms with Gasteiger partial charge in [0.05, 0.1) is 14.2 Å². The molecule has 1 heterocycles. The van der Waals surface area contributed by atoms with Gasteiger partial charge in [0.15, 0.2) is 11.5 Å². The summed E-state index contributed by atoms with van der Waals surface area (Å²) in [6.45, 7) is 1.49. The molecule has 0 bridgehead atoms. The Balaban J connectivity index is 2.48. The van der Waals surface area contributed by atoms with E-state index in [0.29, 0.717) is 17.1 Å². The average molecular weight is 238 g/mol. The van der Waals surface area contributed by atoms with Crippen molar-refractivity contribution >= 4 is 5.97 Å². The van der Waals surface area contributed by atoms with Crippen LogP contribution in [0.25, 0.3) is 0 Å². The summed E-state index contributed by atoms with van der Waals surface area (Å²) >= 11 is 0. The number of hydrogen-bond donors (Lipinski definition) is 1. The van der Waals surface area contributed by atoms with Crippen molar-refractivity contribution in [1.29, 1.82) is 0 Å². The van der Waals surface area contributed by atoms with Crippen LogP contribution in [0.1, 0.15) is 18.6 Å². The number of fused-ring (bicyclic) bond motifs is 1. The molecular weight excluding hydrogens is 224 g/mol. The highest BCUT2D eigenvalue weighted by atomic mass is 16.6. The first-order valence-corrected chi connectivity index (χ1v) is 5.17. The molecule has 2 atom stereocenters. The van der Waals surface area contributed by atoms with Gasteiger partial charge in [0, 0.05) is 5.56 Å². The van der Waals surface area contributed by atoms with Crippen LogP contribution in [-0.2, 0) is 9.53 Å². The molecule has 1 aromatic carbocycles. The van der Waals surface area contributed by atoms with E-state index in [1.807, 2.05) is 0 Å². The summed E-state index contributed by atoms with van der Waals surface area (Å²) in [6.07, 6.45) is -1.07. The summed E-state index contributed by atoms with van der Waals surface area (Å²) in [5.41, 5.74) is -0.900. The normalized spacial score (nSPS) is 26.0. The van der Waals surface area contributed by atoms with Gasteiger partial charge >= 0.3 is 5.97 Å². The van der Waals surface area contributed by atoms with Crippen LogP contribution in [0.4, 0.5) is 0 Å². The van der Waals surface area contributed by atoms with Gasteiger partial charge in [0.1, 0.15) is 6.10 Å². The van der Waals surface area contributed by atoms with E-state index in [9.17, 15) is 9.90 Å². The Hall–Kier alpha value is -1.75. The number of ether oxygens (including phenoxy) is 3. The Morgan fingerprint density at radius 3 is 2.76 bits per heavy atom. The lowest BCUT2D eigenvalue weighted by molar-refractivity contribution is -0.164. The largest absolute Gasteiger partial charge is 0.493 e. The van der Waals surface area contributed by atoms with Crippen LogP contribution in [-0.4, -0.2) is 30.9 Å². The molecule has 1 aliphatic heterocycles. The third kappa shape index (κ3) is 1.54. The predicted molar refractivity (Wildman–Crippen MR) is 59.0 cm³/mol. The Morgan fingerprint density at radius 1 is 1.47 bits per heavy atom. The number of aliphatic hydroxyl groups excluding tert-OH is 1. The van der Waals surface area contributed by atoms with E-state index in [0.717, 1.165) is 0 Å². The Kier molecular flexibility index (Phi) is 2.71. The molecular formula is C12H14O5. The highest BCUT2D eigenvalue weighted by Crippen LogP contribution is 2.48. The summed E-state index contributed by atoms with van der Waals surface area (Å²) in [6, 6.07) is 5.12. The van der Waals surface area contributed by atoms with E-state index in [-0.39, 0.29) is 0 Å². The van der Waals surface area contributed by atoms with Crippen molar-refractivity contribution in [3.63, 3.8) is 0 Å². The molecule has 0 amide bonds. The number of benzene rings is 1. The van der Waals surface area contributed by atoms with Crippen molar-refractivity contribution in [3.05, 3.63) is 23.8 Å². The summed E-state index contributed by atoms with van der Waals surface area (Å²) in [5, 5.41) is 10.1. The van der Waals surface area contributed by atoms with Gasteiger partial charge in [-0.2, -0.15) is 0 Å². The number of esters is 1. The molecule has 1 N–H and O–H groups in total. The molecule has 5 nitrogen and oxygen atoms in total. The average Bonchev–Trinajstić information content (AvgIpc) is 2.62. The molecule has 1 aromatic rings. The molecule has 5 heteroatoms. The quantitative estimate of drug-likeness (QED) is 0.780. The number of carbonyl (C=O) groups excluding carboxylic acids is 1. The lowest BCUT2D eigenvalue weighted by Gasteiger charge is -2.24. The molecule has 0 fully saturated rings. The smallest absolute Gasteiger partial charge is 0.353 e. The Morgan fingerprint density at radius 2 is 2.18 bits per heavy atom. The molecule has 92 valence electrons. The fourth-order valence-corrected chi connectivity index (χ4v) is 1.94. The van der Waals surface area contributed by atoms with Crippen LogP contribution >= 0.6 is 0 Å². The molecule has 0 radical (unpaired) electrons. The standard InChI is InChI=1S/C12H14O5/c1-12(11(14)16-3)10(13)7-5-4-6-8(15-2)9(7)17-12/h4-6,10,13H,1-3H3. The third-order valence-corrected chi connectivity index (χ3v) is 2.95. The molecule has 0 spiro atoms. The number of rotatable bonds is 2. The fraction of sp³-hybridized carbons (Fsp3) is 0.417. The summed E-state index contributed by atoms with van der Waals surface area (Å²) < 4.78 is 15.3.